The Morgan fingerprint density at radius 3 is 2.86 bits per heavy atom. The first-order valence-corrected chi connectivity index (χ1v) is 13.4. The number of halogens is 2. The summed E-state index contributed by atoms with van der Waals surface area (Å²) in [5.41, 5.74) is 7.78. The van der Waals surface area contributed by atoms with Gasteiger partial charge in [0.2, 0.25) is 0 Å². The number of thiophene rings is 1. The molecule has 0 aliphatic carbocycles. The van der Waals surface area contributed by atoms with Crippen LogP contribution < -0.4 is 20.7 Å². The topological polar surface area (TPSA) is 118 Å². The van der Waals surface area contributed by atoms with Crippen molar-refractivity contribution < 1.29 is 14.3 Å². The van der Waals surface area contributed by atoms with E-state index in [9.17, 15) is 9.59 Å². The number of rotatable bonds is 6. The molecule has 3 N–H and O–H groups in total. The van der Waals surface area contributed by atoms with Crippen molar-refractivity contribution in [3.63, 3.8) is 0 Å². The molecule has 2 aliphatic rings. The maximum Gasteiger partial charge on any atom is 0.265 e. The van der Waals surface area contributed by atoms with Crippen molar-refractivity contribution >= 4 is 67.7 Å². The van der Waals surface area contributed by atoms with E-state index in [1.807, 2.05) is 6.07 Å². The summed E-state index contributed by atoms with van der Waals surface area (Å²) in [5.74, 6) is 0.395. The van der Waals surface area contributed by atoms with Crippen molar-refractivity contribution in [2.75, 3.05) is 43.4 Å². The molecule has 1 atom stereocenters. The highest BCUT2D eigenvalue weighted by atomic mass is 79.9. The number of piperidine rings is 1. The Hall–Kier alpha value is -2.57. The zero-order valence-electron chi connectivity index (χ0n) is 18.9. The maximum atomic E-state index is 13.2. The second-order valence-corrected chi connectivity index (χ2v) is 11.1. The van der Waals surface area contributed by atoms with Crippen molar-refractivity contribution in [2.24, 2.45) is 0 Å². The van der Waals surface area contributed by atoms with Gasteiger partial charge in [0.05, 0.1) is 10.0 Å². The van der Waals surface area contributed by atoms with Crippen molar-refractivity contribution in [1.29, 1.82) is 0 Å². The molecular formula is C22H25BrClN7O3S. The Balaban J connectivity index is 1.26. The summed E-state index contributed by atoms with van der Waals surface area (Å²) in [6.45, 7) is 2.83. The van der Waals surface area contributed by atoms with Crippen LogP contribution in [0.15, 0.2) is 23.1 Å². The first-order chi connectivity index (χ1) is 16.9. The molecule has 5 heterocycles. The lowest BCUT2D eigenvalue weighted by molar-refractivity contribution is -0.132. The van der Waals surface area contributed by atoms with Crippen LogP contribution in [0.5, 0.6) is 5.75 Å². The van der Waals surface area contributed by atoms with Crippen molar-refractivity contribution in [2.45, 2.75) is 31.7 Å². The summed E-state index contributed by atoms with van der Waals surface area (Å²) < 4.78 is 8.65. The third-order valence-electron chi connectivity index (χ3n) is 6.30. The van der Waals surface area contributed by atoms with E-state index in [-0.39, 0.29) is 24.5 Å². The van der Waals surface area contributed by atoms with Crippen LogP contribution in [0.25, 0.3) is 5.52 Å². The molecule has 186 valence electrons. The van der Waals surface area contributed by atoms with Gasteiger partial charge in [0, 0.05) is 38.3 Å². The number of hydrogen-bond acceptors (Lipinski definition) is 8. The van der Waals surface area contributed by atoms with Crippen LogP contribution in [0, 0.1) is 0 Å². The second-order valence-electron chi connectivity index (χ2n) is 8.64. The molecule has 10 nitrogen and oxygen atoms in total. The molecule has 0 saturated carbocycles. The summed E-state index contributed by atoms with van der Waals surface area (Å²) >= 11 is 10.9. The molecule has 0 unspecified atom stereocenters. The average Bonchev–Trinajstić information content (AvgIpc) is 3.58. The number of nitrogens with two attached hydrogens (primary N) is 1. The van der Waals surface area contributed by atoms with E-state index >= 15 is 0 Å². The van der Waals surface area contributed by atoms with Gasteiger partial charge in [-0.15, -0.1) is 11.3 Å². The first-order valence-electron chi connectivity index (χ1n) is 11.4. The highest BCUT2D eigenvalue weighted by Gasteiger charge is 2.28. The monoisotopic (exact) mass is 581 g/mol. The van der Waals surface area contributed by atoms with Gasteiger partial charge in [-0.05, 0) is 47.7 Å². The lowest BCUT2D eigenvalue weighted by Crippen LogP contribution is -2.47. The van der Waals surface area contributed by atoms with Gasteiger partial charge >= 0.3 is 0 Å². The maximum absolute atomic E-state index is 13.2. The molecule has 5 rings (SSSR count). The van der Waals surface area contributed by atoms with Crippen molar-refractivity contribution in [1.82, 2.24) is 24.8 Å². The van der Waals surface area contributed by atoms with Gasteiger partial charge in [0.25, 0.3) is 11.8 Å². The lowest BCUT2D eigenvalue weighted by atomic mass is 10.0. The average molecular weight is 583 g/mol. The number of ether oxygens (including phenoxy) is 1. The van der Waals surface area contributed by atoms with E-state index in [2.05, 4.69) is 36.2 Å². The van der Waals surface area contributed by atoms with Gasteiger partial charge in [0.1, 0.15) is 27.1 Å². The number of carbonyl (C=O) groups is 2. The molecule has 3 aromatic rings. The SMILES string of the molecule is Nc1ncnn2c(Br)cc(N3CCC[C@@H](NC(=O)c4sc(Cl)cc4OCC(=O)N4CCCC4)C3)c12. The van der Waals surface area contributed by atoms with Crippen LogP contribution in [0.4, 0.5) is 11.5 Å². The second kappa shape index (κ2) is 10.2. The Labute approximate surface area is 219 Å². The molecule has 0 bridgehead atoms. The molecule has 2 aliphatic heterocycles. The van der Waals surface area contributed by atoms with Crippen LogP contribution in [0.1, 0.15) is 35.4 Å². The summed E-state index contributed by atoms with van der Waals surface area (Å²) in [6, 6.07) is 3.47. The van der Waals surface area contributed by atoms with E-state index in [1.165, 1.54) is 6.33 Å². The Morgan fingerprint density at radius 1 is 1.26 bits per heavy atom. The number of aromatic nitrogens is 3. The zero-order chi connectivity index (χ0) is 24.5. The molecule has 13 heteroatoms. The minimum Gasteiger partial charge on any atom is -0.482 e. The minimum atomic E-state index is -0.261. The summed E-state index contributed by atoms with van der Waals surface area (Å²) in [4.78, 5) is 34.0. The third kappa shape index (κ3) is 5.05. The predicted octanol–water partition coefficient (Wildman–Crippen LogP) is 3.19. The Kier molecular flexibility index (Phi) is 7.03. The van der Waals surface area contributed by atoms with Gasteiger partial charge in [-0.2, -0.15) is 5.10 Å². The number of fused-ring (bicyclic) bond motifs is 1. The van der Waals surface area contributed by atoms with Gasteiger partial charge in [-0.25, -0.2) is 9.50 Å². The number of carbonyl (C=O) groups excluding carboxylic acids is 2. The number of nitrogen functional groups attached to an aromatic ring is 1. The lowest BCUT2D eigenvalue weighted by Gasteiger charge is -2.34. The number of nitrogens with zero attached hydrogens (tertiary/aromatic N) is 5. The first kappa shape index (κ1) is 24.1. The smallest absolute Gasteiger partial charge is 0.265 e. The Morgan fingerprint density at radius 2 is 2.06 bits per heavy atom. The van der Waals surface area contributed by atoms with Crippen LogP contribution >= 0.6 is 38.9 Å². The quantitative estimate of drug-likeness (QED) is 0.458. The number of anilines is 2. The standard InChI is InChI=1S/C22H25BrClN7O3S/c23-16-8-14(19-21(25)26-12-27-31(16)19)30-7-3-4-13(10-30)28-22(33)20-15(9-17(24)35-20)34-11-18(32)29-5-1-2-6-29/h8-9,12-13H,1-7,10-11H2,(H,28,33)(H2,25,26,27)/t13-/m1/s1. The molecule has 0 spiro atoms. The molecule has 2 amide bonds. The predicted molar refractivity (Wildman–Crippen MR) is 138 cm³/mol. The Bertz CT molecular complexity index is 1260. The highest BCUT2D eigenvalue weighted by Crippen LogP contribution is 2.35. The van der Waals surface area contributed by atoms with E-state index in [0.717, 1.165) is 72.5 Å². The van der Waals surface area contributed by atoms with Gasteiger partial charge in [0.15, 0.2) is 12.4 Å². The highest BCUT2D eigenvalue weighted by molar-refractivity contribution is 9.10. The fourth-order valence-electron chi connectivity index (χ4n) is 4.63. The normalized spacial score (nSPS) is 18.3. The van der Waals surface area contributed by atoms with E-state index in [1.54, 1.807) is 15.5 Å². The van der Waals surface area contributed by atoms with Crippen LogP contribution in [-0.4, -0.2) is 70.1 Å². The molecule has 35 heavy (non-hydrogen) atoms. The minimum absolute atomic E-state index is 0.0756. The summed E-state index contributed by atoms with van der Waals surface area (Å²) in [7, 11) is 0. The van der Waals surface area contributed by atoms with Crippen molar-refractivity contribution in [3.05, 3.63) is 32.3 Å². The molecule has 2 saturated heterocycles. The van der Waals surface area contributed by atoms with Crippen LogP contribution in [-0.2, 0) is 4.79 Å². The fourth-order valence-corrected chi connectivity index (χ4v) is 6.17. The van der Waals surface area contributed by atoms with Gasteiger partial charge in [-0.3, -0.25) is 9.59 Å². The van der Waals surface area contributed by atoms with E-state index < -0.39 is 0 Å². The number of hydrogen-bond donors (Lipinski definition) is 2. The molecule has 3 aromatic heterocycles. The third-order valence-corrected chi connectivity index (χ3v) is 8.11. The van der Waals surface area contributed by atoms with Gasteiger partial charge < -0.3 is 25.6 Å². The number of amides is 2. The van der Waals surface area contributed by atoms with Crippen molar-refractivity contribution in [3.8, 4) is 5.75 Å². The number of likely N-dealkylation sites (tertiary alicyclic amines) is 1. The molecule has 0 radical (unpaired) electrons. The van der Waals surface area contributed by atoms with Crippen LogP contribution in [0.3, 0.4) is 0 Å². The molecular weight excluding hydrogens is 558 g/mol. The number of nitrogens with one attached hydrogen (secondary N) is 1. The largest absolute Gasteiger partial charge is 0.482 e. The van der Waals surface area contributed by atoms with E-state index in [4.69, 9.17) is 22.1 Å². The molecule has 0 aromatic carbocycles. The zero-order valence-corrected chi connectivity index (χ0v) is 22.0. The van der Waals surface area contributed by atoms with Crippen LogP contribution in [0.2, 0.25) is 4.34 Å². The van der Waals surface area contributed by atoms with E-state index in [0.29, 0.717) is 27.3 Å². The molecule has 2 fully saturated rings. The van der Waals surface area contributed by atoms with Gasteiger partial charge in [-0.1, -0.05) is 11.6 Å². The summed E-state index contributed by atoms with van der Waals surface area (Å²) in [5, 5.41) is 7.38. The summed E-state index contributed by atoms with van der Waals surface area (Å²) in [6.07, 6.45) is 5.17. The fraction of sp³-hybridized carbons (Fsp3) is 0.455.